The van der Waals surface area contributed by atoms with Gasteiger partial charge in [-0.25, -0.2) is 4.79 Å². The van der Waals surface area contributed by atoms with Crippen LogP contribution >= 0.6 is 0 Å². The maximum atomic E-state index is 10.9. The van der Waals surface area contributed by atoms with Crippen LogP contribution in [0.25, 0.3) is 0 Å². The molecule has 0 saturated carbocycles. The Hall–Kier alpha value is -2.50. The Morgan fingerprint density at radius 3 is 2.94 bits per heavy atom. The predicted octanol–water partition coefficient (Wildman–Crippen LogP) is 1.67. The smallest absolute Gasteiger partial charge is 0.339 e. The maximum absolute atomic E-state index is 10.9. The van der Waals surface area contributed by atoms with Gasteiger partial charge in [-0.15, -0.1) is 5.10 Å². The quantitative estimate of drug-likeness (QED) is 0.864. The number of aromatic carboxylic acids is 1. The minimum atomic E-state index is -1.08. The van der Waals surface area contributed by atoms with Gasteiger partial charge in [0, 0.05) is 12.3 Å². The number of carboxylic acids is 1. The number of aryl methyl sites for hydroxylation is 1. The number of pyridine rings is 1. The highest BCUT2D eigenvalue weighted by atomic mass is 16.5. The van der Waals surface area contributed by atoms with Crippen LogP contribution in [0.15, 0.2) is 30.7 Å². The lowest BCUT2D eigenvalue weighted by atomic mass is 10.2. The Kier molecular flexibility index (Phi) is 2.95. The summed E-state index contributed by atoms with van der Waals surface area (Å²) in [5.41, 5.74) is 0.902. The third-order valence-corrected chi connectivity index (χ3v) is 2.00. The summed E-state index contributed by atoms with van der Waals surface area (Å²) in [5, 5.41) is 16.4. The highest BCUT2D eigenvalue weighted by molar-refractivity contribution is 5.90. The SMILES string of the molecule is Cc1cnnc(Oc2cnccc2C(=O)O)c1. The van der Waals surface area contributed by atoms with E-state index in [-0.39, 0.29) is 17.2 Å². The third kappa shape index (κ3) is 2.54. The van der Waals surface area contributed by atoms with Crippen LogP contribution in [0.5, 0.6) is 11.6 Å². The van der Waals surface area contributed by atoms with Gasteiger partial charge in [0.05, 0.1) is 12.4 Å². The molecule has 0 aliphatic heterocycles. The molecule has 0 aliphatic rings. The summed E-state index contributed by atoms with van der Waals surface area (Å²) in [5.74, 6) is -0.705. The molecule has 0 atom stereocenters. The molecule has 6 heteroatoms. The minimum absolute atomic E-state index is 0.0308. The summed E-state index contributed by atoms with van der Waals surface area (Å²) in [7, 11) is 0. The monoisotopic (exact) mass is 231 g/mol. The summed E-state index contributed by atoms with van der Waals surface area (Å²) >= 11 is 0. The zero-order valence-corrected chi connectivity index (χ0v) is 8.99. The van der Waals surface area contributed by atoms with E-state index in [9.17, 15) is 4.79 Å². The van der Waals surface area contributed by atoms with E-state index < -0.39 is 5.97 Å². The van der Waals surface area contributed by atoms with Crippen molar-refractivity contribution in [2.24, 2.45) is 0 Å². The number of rotatable bonds is 3. The largest absolute Gasteiger partial charge is 0.478 e. The molecule has 0 aromatic carbocycles. The fourth-order valence-corrected chi connectivity index (χ4v) is 1.24. The molecule has 6 nitrogen and oxygen atoms in total. The Balaban J connectivity index is 2.33. The molecule has 0 unspecified atom stereocenters. The predicted molar refractivity (Wildman–Crippen MR) is 58.0 cm³/mol. The van der Waals surface area contributed by atoms with Crippen molar-refractivity contribution in [1.29, 1.82) is 0 Å². The molecule has 0 radical (unpaired) electrons. The van der Waals surface area contributed by atoms with Crippen LogP contribution in [0.4, 0.5) is 0 Å². The molecule has 1 N–H and O–H groups in total. The number of ether oxygens (including phenoxy) is 1. The van der Waals surface area contributed by atoms with Crippen molar-refractivity contribution in [3.05, 3.63) is 41.9 Å². The molecule has 0 amide bonds. The maximum Gasteiger partial charge on any atom is 0.339 e. The second-order valence-electron chi connectivity index (χ2n) is 3.35. The van der Waals surface area contributed by atoms with Gasteiger partial charge >= 0.3 is 5.97 Å². The van der Waals surface area contributed by atoms with E-state index in [1.165, 1.54) is 18.5 Å². The fraction of sp³-hybridized carbons (Fsp3) is 0.0909. The molecule has 17 heavy (non-hydrogen) atoms. The van der Waals surface area contributed by atoms with Gasteiger partial charge in [0.1, 0.15) is 5.56 Å². The van der Waals surface area contributed by atoms with E-state index in [1.807, 2.05) is 6.92 Å². The van der Waals surface area contributed by atoms with Gasteiger partial charge in [0.25, 0.3) is 0 Å². The number of carbonyl (C=O) groups is 1. The van der Waals surface area contributed by atoms with Crippen LogP contribution in [0.2, 0.25) is 0 Å². The number of hydrogen-bond acceptors (Lipinski definition) is 5. The first kappa shape index (κ1) is 11.0. The molecular formula is C11H9N3O3. The molecule has 0 aliphatic carbocycles. The van der Waals surface area contributed by atoms with Gasteiger partial charge in [-0.3, -0.25) is 4.98 Å². The second kappa shape index (κ2) is 4.56. The van der Waals surface area contributed by atoms with Gasteiger partial charge < -0.3 is 9.84 Å². The first-order valence-electron chi connectivity index (χ1n) is 4.81. The molecule has 0 spiro atoms. The Morgan fingerprint density at radius 1 is 1.41 bits per heavy atom. The average Bonchev–Trinajstić information content (AvgIpc) is 2.29. The van der Waals surface area contributed by atoms with Crippen LogP contribution in [-0.4, -0.2) is 26.3 Å². The van der Waals surface area contributed by atoms with E-state index in [2.05, 4.69) is 15.2 Å². The molecule has 0 bridgehead atoms. The molecule has 86 valence electrons. The van der Waals surface area contributed by atoms with Crippen molar-refractivity contribution < 1.29 is 14.6 Å². The highest BCUT2D eigenvalue weighted by Crippen LogP contribution is 2.22. The molecule has 2 aromatic rings. The van der Waals surface area contributed by atoms with Gasteiger partial charge in [-0.2, -0.15) is 5.10 Å². The zero-order valence-electron chi connectivity index (χ0n) is 8.99. The summed E-state index contributed by atoms with van der Waals surface area (Å²) in [6.45, 7) is 1.84. The standard InChI is InChI=1S/C11H9N3O3/c1-7-4-10(14-13-5-7)17-9-6-12-3-2-8(9)11(15)16/h2-6H,1H3,(H,15,16). The number of aromatic nitrogens is 3. The molecule has 2 heterocycles. The number of carboxylic acid groups (broad SMARTS) is 1. The Labute approximate surface area is 96.9 Å². The van der Waals surface area contributed by atoms with E-state index >= 15 is 0 Å². The van der Waals surface area contributed by atoms with Crippen LogP contribution < -0.4 is 4.74 Å². The first-order valence-corrected chi connectivity index (χ1v) is 4.81. The lowest BCUT2D eigenvalue weighted by molar-refractivity contribution is 0.0694. The van der Waals surface area contributed by atoms with Crippen LogP contribution in [0.1, 0.15) is 15.9 Å². The normalized spacial score (nSPS) is 9.94. The Morgan fingerprint density at radius 2 is 2.24 bits per heavy atom. The highest BCUT2D eigenvalue weighted by Gasteiger charge is 2.12. The zero-order chi connectivity index (χ0) is 12.3. The molecule has 0 saturated heterocycles. The summed E-state index contributed by atoms with van der Waals surface area (Å²) in [6.07, 6.45) is 4.29. The lowest BCUT2D eigenvalue weighted by Gasteiger charge is -2.06. The third-order valence-electron chi connectivity index (χ3n) is 2.00. The first-order chi connectivity index (χ1) is 8.16. The van der Waals surface area contributed by atoms with Crippen LogP contribution in [0, 0.1) is 6.92 Å². The Bertz CT molecular complexity index is 557. The van der Waals surface area contributed by atoms with Crippen molar-refractivity contribution in [3.8, 4) is 11.6 Å². The van der Waals surface area contributed by atoms with E-state index in [1.54, 1.807) is 12.3 Å². The minimum Gasteiger partial charge on any atom is -0.478 e. The second-order valence-corrected chi connectivity index (χ2v) is 3.35. The van der Waals surface area contributed by atoms with Crippen molar-refractivity contribution in [2.75, 3.05) is 0 Å². The fourth-order valence-electron chi connectivity index (χ4n) is 1.24. The summed E-state index contributed by atoms with van der Waals surface area (Å²) in [4.78, 5) is 14.7. The van der Waals surface area contributed by atoms with Crippen molar-refractivity contribution in [3.63, 3.8) is 0 Å². The average molecular weight is 231 g/mol. The van der Waals surface area contributed by atoms with E-state index in [0.717, 1.165) is 5.56 Å². The van der Waals surface area contributed by atoms with E-state index in [4.69, 9.17) is 9.84 Å². The van der Waals surface area contributed by atoms with Gasteiger partial charge in [-0.1, -0.05) is 0 Å². The van der Waals surface area contributed by atoms with Crippen LogP contribution in [0.3, 0.4) is 0 Å². The molecule has 2 aromatic heterocycles. The lowest BCUT2D eigenvalue weighted by Crippen LogP contribution is -2.01. The number of hydrogen-bond donors (Lipinski definition) is 1. The molecule has 0 fully saturated rings. The van der Waals surface area contributed by atoms with Crippen molar-refractivity contribution in [2.45, 2.75) is 6.92 Å². The van der Waals surface area contributed by atoms with Crippen LogP contribution in [-0.2, 0) is 0 Å². The molecular weight excluding hydrogens is 222 g/mol. The van der Waals surface area contributed by atoms with Gasteiger partial charge in [0.15, 0.2) is 5.75 Å². The van der Waals surface area contributed by atoms with Crippen molar-refractivity contribution >= 4 is 5.97 Å². The summed E-state index contributed by atoms with van der Waals surface area (Å²) < 4.78 is 5.33. The van der Waals surface area contributed by atoms with Gasteiger partial charge in [0.2, 0.25) is 5.88 Å². The van der Waals surface area contributed by atoms with Crippen molar-refractivity contribution in [1.82, 2.24) is 15.2 Å². The number of nitrogens with zero attached hydrogens (tertiary/aromatic N) is 3. The van der Waals surface area contributed by atoms with E-state index in [0.29, 0.717) is 0 Å². The molecule has 2 rings (SSSR count). The van der Waals surface area contributed by atoms with Gasteiger partial charge in [-0.05, 0) is 18.6 Å². The topological polar surface area (TPSA) is 85.2 Å². The summed E-state index contributed by atoms with van der Waals surface area (Å²) in [6, 6.07) is 3.02.